The van der Waals surface area contributed by atoms with Crippen molar-refractivity contribution < 1.29 is 24.3 Å². The Labute approximate surface area is 204 Å². The average Bonchev–Trinajstić information content (AvgIpc) is 2.75. The van der Waals surface area contributed by atoms with E-state index >= 15 is 0 Å². The number of hydrogen-bond acceptors (Lipinski definition) is 8. The highest BCUT2D eigenvalue weighted by Gasteiger charge is 2.30. The van der Waals surface area contributed by atoms with Crippen molar-refractivity contribution in [3.63, 3.8) is 0 Å². The van der Waals surface area contributed by atoms with Crippen LogP contribution in [0, 0.1) is 5.92 Å². The van der Waals surface area contributed by atoms with Gasteiger partial charge in [-0.2, -0.15) is 24.4 Å². The number of nitrogens with two attached hydrogens (primary N) is 3. The lowest BCUT2D eigenvalue weighted by Crippen LogP contribution is -2.58. The second-order valence-corrected chi connectivity index (χ2v) is 9.06. The van der Waals surface area contributed by atoms with Crippen molar-refractivity contribution in [1.82, 2.24) is 16.0 Å². The quantitative estimate of drug-likeness (QED) is 0.0513. The lowest BCUT2D eigenvalue weighted by molar-refractivity contribution is -0.142. The summed E-state index contributed by atoms with van der Waals surface area (Å²) in [4.78, 5) is 53.1. The van der Waals surface area contributed by atoms with Crippen LogP contribution in [0.2, 0.25) is 0 Å². The summed E-state index contributed by atoms with van der Waals surface area (Å²) < 4.78 is 0. The number of aliphatic imine (C=N–C) groups is 1. The molecule has 0 aromatic heterocycles. The predicted octanol–water partition coefficient (Wildman–Crippen LogP) is -1.75. The number of nitrogens with one attached hydrogen (secondary N) is 3. The molecule has 14 heteroatoms. The van der Waals surface area contributed by atoms with E-state index in [-0.39, 0.29) is 37.0 Å². The van der Waals surface area contributed by atoms with Crippen LogP contribution in [-0.4, -0.2) is 83.2 Å². The number of amides is 3. The molecule has 0 radical (unpaired) electrons. The van der Waals surface area contributed by atoms with E-state index in [9.17, 15) is 24.3 Å². The molecular formula is C19H37N7O5S2. The molecule has 0 saturated carbocycles. The van der Waals surface area contributed by atoms with Gasteiger partial charge in [0.05, 0.1) is 6.04 Å². The van der Waals surface area contributed by atoms with Crippen LogP contribution < -0.4 is 33.2 Å². The summed E-state index contributed by atoms with van der Waals surface area (Å²) in [5.41, 5.74) is 16.5. The predicted molar refractivity (Wildman–Crippen MR) is 133 cm³/mol. The fraction of sp³-hybridized carbons (Fsp3) is 0.737. The third kappa shape index (κ3) is 12.6. The van der Waals surface area contributed by atoms with Crippen molar-refractivity contribution in [2.75, 3.05) is 24.3 Å². The Hall–Kier alpha value is -2.19. The number of thioether (sulfide) groups is 1. The number of thiol groups is 1. The van der Waals surface area contributed by atoms with Crippen molar-refractivity contribution in [2.45, 2.75) is 57.3 Å². The number of carbonyl (C=O) groups excluding carboxylic acids is 3. The fourth-order valence-corrected chi connectivity index (χ4v) is 3.30. The van der Waals surface area contributed by atoms with E-state index < -0.39 is 47.9 Å². The highest BCUT2D eigenvalue weighted by molar-refractivity contribution is 7.98. The Morgan fingerprint density at radius 2 is 1.52 bits per heavy atom. The van der Waals surface area contributed by atoms with Gasteiger partial charge in [0.2, 0.25) is 17.7 Å². The van der Waals surface area contributed by atoms with Gasteiger partial charge in [0.15, 0.2) is 5.96 Å². The molecule has 4 unspecified atom stereocenters. The van der Waals surface area contributed by atoms with Crippen molar-refractivity contribution in [1.29, 1.82) is 0 Å². The maximum absolute atomic E-state index is 12.9. The zero-order chi connectivity index (χ0) is 25.6. The number of hydrogen-bond donors (Lipinski definition) is 8. The summed E-state index contributed by atoms with van der Waals surface area (Å²) in [6.45, 7) is 3.79. The molecule has 0 aliphatic carbocycles. The van der Waals surface area contributed by atoms with Gasteiger partial charge in [0.1, 0.15) is 18.1 Å². The molecule has 0 aliphatic rings. The van der Waals surface area contributed by atoms with Gasteiger partial charge in [0, 0.05) is 12.3 Å². The maximum atomic E-state index is 12.9. The number of nitrogens with zero attached hydrogens (tertiary/aromatic N) is 1. The van der Waals surface area contributed by atoms with Crippen molar-refractivity contribution in [3.05, 3.63) is 0 Å². The zero-order valence-corrected chi connectivity index (χ0v) is 21.0. The Balaban J connectivity index is 5.30. The van der Waals surface area contributed by atoms with Gasteiger partial charge < -0.3 is 38.3 Å². The Kier molecular flexibility index (Phi) is 15.3. The highest BCUT2D eigenvalue weighted by atomic mass is 32.2. The summed E-state index contributed by atoms with van der Waals surface area (Å²) in [7, 11) is 0. The molecule has 0 bridgehead atoms. The molecule has 190 valence electrons. The summed E-state index contributed by atoms with van der Waals surface area (Å²) >= 11 is 5.55. The molecule has 0 rings (SSSR count). The molecule has 0 heterocycles. The average molecular weight is 508 g/mol. The standard InChI is InChI=1S/C19H37N7O5S2/c1-10(2)14(20)17(29)24-11(5-4-7-23-19(21)22)15(27)26-13(9-32)16(28)25-12(18(30)31)6-8-33-3/h10-14,32H,4-9,20H2,1-3H3,(H,24,29)(H,25,28)(H,26,27)(H,30,31)(H4,21,22,23). The topological polar surface area (TPSA) is 215 Å². The highest BCUT2D eigenvalue weighted by Crippen LogP contribution is 2.05. The molecule has 0 aromatic carbocycles. The minimum atomic E-state index is -1.17. The Bertz CT molecular complexity index is 689. The smallest absolute Gasteiger partial charge is 0.326 e. The van der Waals surface area contributed by atoms with Gasteiger partial charge >= 0.3 is 5.97 Å². The summed E-state index contributed by atoms with van der Waals surface area (Å²) in [5.74, 6) is -2.79. The molecule has 10 N–H and O–H groups in total. The van der Waals surface area contributed by atoms with Crippen LogP contribution in [0.15, 0.2) is 4.99 Å². The van der Waals surface area contributed by atoms with Gasteiger partial charge in [0.25, 0.3) is 0 Å². The van der Waals surface area contributed by atoms with Crippen LogP contribution >= 0.6 is 24.4 Å². The van der Waals surface area contributed by atoms with E-state index in [4.69, 9.17) is 17.2 Å². The normalized spacial score (nSPS) is 14.5. The molecule has 0 fully saturated rings. The number of carboxylic acids is 1. The van der Waals surface area contributed by atoms with E-state index in [0.29, 0.717) is 12.2 Å². The van der Waals surface area contributed by atoms with Gasteiger partial charge in [-0.1, -0.05) is 13.8 Å². The third-order valence-electron chi connectivity index (χ3n) is 4.64. The maximum Gasteiger partial charge on any atom is 0.326 e. The lowest BCUT2D eigenvalue weighted by Gasteiger charge is -2.25. The SMILES string of the molecule is CSCCC(NC(=O)C(CS)NC(=O)C(CCCN=C(N)N)NC(=O)C(N)C(C)C)C(=O)O. The summed E-state index contributed by atoms with van der Waals surface area (Å²) in [6.07, 6.45) is 2.61. The first-order valence-electron chi connectivity index (χ1n) is 10.5. The monoisotopic (exact) mass is 507 g/mol. The number of guanidine groups is 1. The van der Waals surface area contributed by atoms with Gasteiger partial charge in [-0.15, -0.1) is 0 Å². The molecular weight excluding hydrogens is 470 g/mol. The van der Waals surface area contributed by atoms with Crippen LogP contribution in [0.1, 0.15) is 33.1 Å². The lowest BCUT2D eigenvalue weighted by atomic mass is 10.0. The molecule has 3 amide bonds. The van der Waals surface area contributed by atoms with E-state index in [0.717, 1.165) is 0 Å². The van der Waals surface area contributed by atoms with Crippen LogP contribution in [0.4, 0.5) is 0 Å². The second-order valence-electron chi connectivity index (χ2n) is 7.70. The first kappa shape index (κ1) is 30.8. The Morgan fingerprint density at radius 1 is 0.970 bits per heavy atom. The third-order valence-corrected chi connectivity index (χ3v) is 5.65. The molecule has 4 atom stereocenters. The minimum absolute atomic E-state index is 0.0768. The van der Waals surface area contributed by atoms with Crippen molar-refractivity contribution >= 4 is 54.0 Å². The second kappa shape index (κ2) is 16.4. The fourth-order valence-electron chi connectivity index (χ4n) is 2.57. The van der Waals surface area contributed by atoms with Gasteiger partial charge in [-0.25, -0.2) is 4.79 Å². The van der Waals surface area contributed by atoms with E-state index in [2.05, 4.69) is 33.6 Å². The van der Waals surface area contributed by atoms with Crippen molar-refractivity contribution in [3.8, 4) is 0 Å². The van der Waals surface area contributed by atoms with Gasteiger partial charge in [-0.3, -0.25) is 19.4 Å². The zero-order valence-electron chi connectivity index (χ0n) is 19.2. The molecule has 0 aromatic rings. The number of rotatable bonds is 16. The molecule has 0 saturated heterocycles. The van der Waals surface area contributed by atoms with Crippen LogP contribution in [-0.2, 0) is 19.2 Å². The minimum Gasteiger partial charge on any atom is -0.480 e. The summed E-state index contributed by atoms with van der Waals surface area (Å²) in [5, 5.41) is 16.9. The number of carbonyl (C=O) groups is 4. The van der Waals surface area contributed by atoms with Gasteiger partial charge in [-0.05, 0) is 37.2 Å². The van der Waals surface area contributed by atoms with Crippen molar-refractivity contribution in [2.24, 2.45) is 28.1 Å². The van der Waals surface area contributed by atoms with E-state index in [1.54, 1.807) is 13.8 Å². The molecule has 12 nitrogen and oxygen atoms in total. The van der Waals surface area contributed by atoms with Crippen LogP contribution in [0.3, 0.4) is 0 Å². The molecule has 0 aliphatic heterocycles. The molecule has 0 spiro atoms. The summed E-state index contributed by atoms with van der Waals surface area (Å²) in [6, 6.07) is -4.02. The molecule has 33 heavy (non-hydrogen) atoms. The largest absolute Gasteiger partial charge is 0.480 e. The van der Waals surface area contributed by atoms with Crippen LogP contribution in [0.25, 0.3) is 0 Å². The van der Waals surface area contributed by atoms with Crippen LogP contribution in [0.5, 0.6) is 0 Å². The number of carboxylic acid groups (broad SMARTS) is 1. The van der Waals surface area contributed by atoms with E-state index in [1.807, 2.05) is 6.26 Å². The Morgan fingerprint density at radius 3 is 2.00 bits per heavy atom. The van der Waals surface area contributed by atoms with E-state index in [1.165, 1.54) is 11.8 Å². The first-order valence-corrected chi connectivity index (χ1v) is 12.5. The number of aliphatic carboxylic acids is 1. The first-order chi connectivity index (χ1) is 15.4.